The van der Waals surface area contributed by atoms with Crippen molar-refractivity contribution in [2.45, 2.75) is 0 Å². The summed E-state index contributed by atoms with van der Waals surface area (Å²) < 4.78 is 5.51. The molecular formula is C14H11ClN2O4. The molecule has 0 atom stereocenters. The van der Waals surface area contributed by atoms with E-state index in [1.807, 2.05) is 0 Å². The molecule has 0 radical (unpaired) electrons. The Kier molecular flexibility index (Phi) is 4.73. The van der Waals surface area contributed by atoms with Crippen LogP contribution in [0.25, 0.3) is 0 Å². The summed E-state index contributed by atoms with van der Waals surface area (Å²) in [6, 6.07) is 9.61. The number of halogens is 1. The maximum absolute atomic E-state index is 11.9. The van der Waals surface area contributed by atoms with Crippen LogP contribution in [0.3, 0.4) is 0 Å². The van der Waals surface area contributed by atoms with Gasteiger partial charge < -0.3 is 15.2 Å². The summed E-state index contributed by atoms with van der Waals surface area (Å²) in [5.41, 5.74) is 0.147. The molecule has 1 aromatic carbocycles. The predicted molar refractivity (Wildman–Crippen MR) is 75.7 cm³/mol. The van der Waals surface area contributed by atoms with Crippen molar-refractivity contribution in [3.8, 4) is 11.6 Å². The maximum atomic E-state index is 11.9. The third kappa shape index (κ3) is 4.19. The number of aromatic nitrogens is 1. The van der Waals surface area contributed by atoms with E-state index in [1.165, 1.54) is 12.3 Å². The molecular weight excluding hydrogens is 296 g/mol. The van der Waals surface area contributed by atoms with Crippen molar-refractivity contribution in [1.29, 1.82) is 0 Å². The number of carbonyl (C=O) groups is 2. The number of carbonyl (C=O) groups excluding carboxylic acids is 1. The van der Waals surface area contributed by atoms with Crippen molar-refractivity contribution in [1.82, 2.24) is 10.3 Å². The molecule has 2 rings (SSSR count). The summed E-state index contributed by atoms with van der Waals surface area (Å²) in [5.74, 6) is -1.16. The van der Waals surface area contributed by atoms with Crippen LogP contribution in [0.5, 0.6) is 11.6 Å². The molecule has 7 heteroatoms. The largest absolute Gasteiger partial charge is 0.480 e. The molecule has 2 N–H and O–H groups in total. The molecule has 0 saturated heterocycles. The zero-order valence-electron chi connectivity index (χ0n) is 10.7. The summed E-state index contributed by atoms with van der Waals surface area (Å²) >= 11 is 5.78. The van der Waals surface area contributed by atoms with Crippen LogP contribution >= 0.6 is 11.6 Å². The number of carboxylic acids is 1. The third-order valence-electron chi connectivity index (χ3n) is 2.44. The Morgan fingerprint density at radius 3 is 2.62 bits per heavy atom. The average molecular weight is 307 g/mol. The number of hydrogen-bond donors (Lipinski definition) is 2. The fourth-order valence-electron chi connectivity index (χ4n) is 1.51. The minimum atomic E-state index is -1.13. The molecule has 0 fully saturated rings. The third-order valence-corrected chi connectivity index (χ3v) is 2.70. The Labute approximate surface area is 125 Å². The summed E-state index contributed by atoms with van der Waals surface area (Å²) in [7, 11) is 0. The molecule has 21 heavy (non-hydrogen) atoms. The Morgan fingerprint density at radius 1 is 1.24 bits per heavy atom. The van der Waals surface area contributed by atoms with Crippen molar-refractivity contribution in [2.24, 2.45) is 0 Å². The fourth-order valence-corrected chi connectivity index (χ4v) is 1.64. The van der Waals surface area contributed by atoms with Gasteiger partial charge in [-0.3, -0.25) is 9.59 Å². The van der Waals surface area contributed by atoms with E-state index in [0.29, 0.717) is 10.8 Å². The summed E-state index contributed by atoms with van der Waals surface area (Å²) in [4.78, 5) is 26.3. The Morgan fingerprint density at radius 2 is 1.95 bits per heavy atom. The van der Waals surface area contributed by atoms with Gasteiger partial charge in [-0.15, -0.1) is 0 Å². The SMILES string of the molecule is O=C(O)CNC(=O)c1cccnc1Oc1ccc(Cl)cc1. The molecule has 0 aliphatic heterocycles. The number of ether oxygens (including phenoxy) is 1. The second kappa shape index (κ2) is 6.71. The first kappa shape index (κ1) is 14.8. The first-order valence-electron chi connectivity index (χ1n) is 5.94. The molecule has 1 heterocycles. The smallest absolute Gasteiger partial charge is 0.322 e. The van der Waals surface area contributed by atoms with Crippen molar-refractivity contribution < 1.29 is 19.4 Å². The molecule has 0 aliphatic carbocycles. The van der Waals surface area contributed by atoms with Gasteiger partial charge in [0.25, 0.3) is 5.91 Å². The van der Waals surface area contributed by atoms with Gasteiger partial charge in [-0.2, -0.15) is 0 Å². The fraction of sp³-hybridized carbons (Fsp3) is 0.0714. The van der Waals surface area contributed by atoms with Gasteiger partial charge >= 0.3 is 5.97 Å². The summed E-state index contributed by atoms with van der Waals surface area (Å²) in [6.45, 7) is -0.478. The van der Waals surface area contributed by atoms with E-state index in [4.69, 9.17) is 21.4 Å². The highest BCUT2D eigenvalue weighted by Gasteiger charge is 2.14. The molecule has 108 valence electrons. The van der Waals surface area contributed by atoms with E-state index < -0.39 is 18.4 Å². The lowest BCUT2D eigenvalue weighted by atomic mass is 10.2. The summed E-state index contributed by atoms with van der Waals surface area (Å²) in [5, 5.41) is 11.4. The van der Waals surface area contributed by atoms with Crippen molar-refractivity contribution >= 4 is 23.5 Å². The molecule has 1 aromatic heterocycles. The lowest BCUT2D eigenvalue weighted by Gasteiger charge is -2.09. The van der Waals surface area contributed by atoms with Gasteiger partial charge in [0.1, 0.15) is 17.9 Å². The number of aliphatic carboxylic acids is 1. The number of pyridine rings is 1. The number of amides is 1. The lowest BCUT2D eigenvalue weighted by Crippen LogP contribution is -2.29. The van der Waals surface area contributed by atoms with E-state index in [1.54, 1.807) is 30.3 Å². The van der Waals surface area contributed by atoms with Crippen LogP contribution in [-0.2, 0) is 4.79 Å². The van der Waals surface area contributed by atoms with Crippen molar-refractivity contribution in [3.63, 3.8) is 0 Å². The quantitative estimate of drug-likeness (QED) is 0.885. The normalized spacial score (nSPS) is 9.95. The monoisotopic (exact) mass is 306 g/mol. The number of nitrogens with zero attached hydrogens (tertiary/aromatic N) is 1. The van der Waals surface area contributed by atoms with Gasteiger partial charge in [0.05, 0.1) is 0 Å². The molecule has 6 nitrogen and oxygen atoms in total. The van der Waals surface area contributed by atoms with Crippen LogP contribution in [0, 0.1) is 0 Å². The molecule has 0 spiro atoms. The van der Waals surface area contributed by atoms with Gasteiger partial charge in [-0.1, -0.05) is 11.6 Å². The Bertz CT molecular complexity index is 658. The second-order valence-corrected chi connectivity index (χ2v) is 4.42. The minimum Gasteiger partial charge on any atom is -0.480 e. The molecule has 0 bridgehead atoms. The van der Waals surface area contributed by atoms with Gasteiger partial charge in [-0.05, 0) is 36.4 Å². The Balaban J connectivity index is 2.18. The van der Waals surface area contributed by atoms with Crippen molar-refractivity contribution in [3.05, 3.63) is 53.2 Å². The molecule has 0 saturated carbocycles. The number of nitrogens with one attached hydrogen (secondary N) is 1. The lowest BCUT2D eigenvalue weighted by molar-refractivity contribution is -0.135. The number of benzene rings is 1. The van der Waals surface area contributed by atoms with Gasteiger partial charge in [0.15, 0.2) is 0 Å². The predicted octanol–water partition coefficient (Wildman–Crippen LogP) is 2.34. The van der Waals surface area contributed by atoms with Gasteiger partial charge in [-0.25, -0.2) is 4.98 Å². The van der Waals surface area contributed by atoms with Crippen LogP contribution in [0.4, 0.5) is 0 Å². The number of rotatable bonds is 5. The first-order valence-corrected chi connectivity index (χ1v) is 6.32. The molecule has 2 aromatic rings. The molecule has 0 aliphatic rings. The minimum absolute atomic E-state index is 0.0858. The van der Waals surface area contributed by atoms with E-state index >= 15 is 0 Å². The van der Waals surface area contributed by atoms with E-state index in [2.05, 4.69) is 10.3 Å². The van der Waals surface area contributed by atoms with Gasteiger partial charge in [0.2, 0.25) is 5.88 Å². The highest BCUT2D eigenvalue weighted by Crippen LogP contribution is 2.24. The molecule has 1 amide bonds. The highest BCUT2D eigenvalue weighted by atomic mass is 35.5. The summed E-state index contributed by atoms with van der Waals surface area (Å²) in [6.07, 6.45) is 1.47. The standard InChI is InChI=1S/C14H11ClN2O4/c15-9-3-5-10(6-4-9)21-14-11(2-1-7-16-14)13(20)17-8-12(18)19/h1-7H,8H2,(H,17,20)(H,18,19). The zero-order chi connectivity index (χ0) is 15.2. The van der Waals surface area contributed by atoms with Crippen molar-refractivity contribution in [2.75, 3.05) is 6.54 Å². The first-order chi connectivity index (χ1) is 10.1. The zero-order valence-corrected chi connectivity index (χ0v) is 11.5. The molecule has 0 unspecified atom stereocenters. The van der Waals surface area contributed by atoms with Crippen LogP contribution in [0.2, 0.25) is 5.02 Å². The topological polar surface area (TPSA) is 88.5 Å². The second-order valence-electron chi connectivity index (χ2n) is 3.99. The van der Waals surface area contributed by atoms with Crippen LogP contribution in [-0.4, -0.2) is 28.5 Å². The average Bonchev–Trinajstić information content (AvgIpc) is 2.48. The van der Waals surface area contributed by atoms with Gasteiger partial charge in [0, 0.05) is 11.2 Å². The van der Waals surface area contributed by atoms with Crippen LogP contribution in [0.1, 0.15) is 10.4 Å². The van der Waals surface area contributed by atoms with Crippen LogP contribution in [0.15, 0.2) is 42.6 Å². The number of carboxylic acid groups (broad SMARTS) is 1. The Hall–Kier alpha value is -2.60. The van der Waals surface area contributed by atoms with Crippen LogP contribution < -0.4 is 10.1 Å². The van der Waals surface area contributed by atoms with E-state index in [-0.39, 0.29) is 11.4 Å². The maximum Gasteiger partial charge on any atom is 0.322 e. The van der Waals surface area contributed by atoms with E-state index in [0.717, 1.165) is 0 Å². The van der Waals surface area contributed by atoms with E-state index in [9.17, 15) is 9.59 Å². The highest BCUT2D eigenvalue weighted by molar-refractivity contribution is 6.30. The number of hydrogen-bond acceptors (Lipinski definition) is 4.